The first-order valence-corrected chi connectivity index (χ1v) is 7.87. The quantitative estimate of drug-likeness (QED) is 0.798. The molecule has 9 heteroatoms. The van der Waals surface area contributed by atoms with Crippen molar-refractivity contribution in [3.05, 3.63) is 24.7 Å². The lowest BCUT2D eigenvalue weighted by Crippen LogP contribution is -2.41. The molecule has 1 aliphatic heterocycles. The average molecular weight is 296 g/mol. The standard InChI is InChI=1S/C11H16N6O2S/c1-15-11(8-12-14-15)20(18,19)16-6-2-4-10(9-16)17-7-3-5-13-17/h3,5,7-8,10H,2,4,6,9H2,1H3. The lowest BCUT2D eigenvalue weighted by atomic mass is 10.1. The Hall–Kier alpha value is -1.74. The van der Waals surface area contributed by atoms with E-state index in [9.17, 15) is 8.42 Å². The molecule has 108 valence electrons. The number of aryl methyl sites for hydroxylation is 1. The van der Waals surface area contributed by atoms with Gasteiger partial charge in [-0.05, 0) is 18.9 Å². The molecule has 1 fully saturated rings. The highest BCUT2D eigenvalue weighted by atomic mass is 32.2. The molecular formula is C11H16N6O2S. The highest BCUT2D eigenvalue weighted by molar-refractivity contribution is 7.89. The van der Waals surface area contributed by atoms with Crippen molar-refractivity contribution in [2.45, 2.75) is 23.9 Å². The van der Waals surface area contributed by atoms with Gasteiger partial charge in [-0.15, -0.1) is 5.10 Å². The number of nitrogens with zero attached hydrogens (tertiary/aromatic N) is 6. The van der Waals surface area contributed by atoms with E-state index < -0.39 is 10.0 Å². The van der Waals surface area contributed by atoms with Gasteiger partial charge in [0.2, 0.25) is 0 Å². The highest BCUT2D eigenvalue weighted by Crippen LogP contribution is 2.25. The second-order valence-corrected chi connectivity index (χ2v) is 6.73. The lowest BCUT2D eigenvalue weighted by Gasteiger charge is -2.31. The molecule has 2 aromatic heterocycles. The topological polar surface area (TPSA) is 85.9 Å². The van der Waals surface area contributed by atoms with Crippen LogP contribution in [0, 0.1) is 0 Å². The summed E-state index contributed by atoms with van der Waals surface area (Å²) in [6, 6.07) is 1.92. The fourth-order valence-corrected chi connectivity index (χ4v) is 4.05. The van der Waals surface area contributed by atoms with Crippen molar-refractivity contribution in [1.29, 1.82) is 0 Å². The first-order chi connectivity index (χ1) is 9.59. The second kappa shape index (κ2) is 4.98. The average Bonchev–Trinajstić information content (AvgIpc) is 3.10. The Morgan fingerprint density at radius 3 is 2.90 bits per heavy atom. The molecule has 0 N–H and O–H groups in total. The number of sulfonamides is 1. The number of rotatable bonds is 3. The summed E-state index contributed by atoms with van der Waals surface area (Å²) in [6.45, 7) is 0.945. The van der Waals surface area contributed by atoms with Crippen molar-refractivity contribution in [1.82, 2.24) is 29.1 Å². The number of piperidine rings is 1. The summed E-state index contributed by atoms with van der Waals surface area (Å²) in [4.78, 5) is 0. The fraction of sp³-hybridized carbons (Fsp3) is 0.545. The summed E-state index contributed by atoms with van der Waals surface area (Å²) in [5, 5.41) is 11.7. The molecule has 3 rings (SSSR count). The monoisotopic (exact) mass is 296 g/mol. The molecule has 1 aliphatic rings. The van der Waals surface area contributed by atoms with Crippen molar-refractivity contribution in [2.75, 3.05) is 13.1 Å². The summed E-state index contributed by atoms with van der Waals surface area (Å²) in [6.07, 6.45) is 6.60. The van der Waals surface area contributed by atoms with E-state index in [0.29, 0.717) is 13.1 Å². The fourth-order valence-electron chi connectivity index (χ4n) is 2.50. The molecule has 1 saturated heterocycles. The van der Waals surface area contributed by atoms with Crippen molar-refractivity contribution in [3.8, 4) is 0 Å². The van der Waals surface area contributed by atoms with Gasteiger partial charge in [0.05, 0.1) is 12.2 Å². The molecule has 0 aromatic carbocycles. The molecule has 0 aliphatic carbocycles. The molecule has 1 atom stereocenters. The minimum absolute atomic E-state index is 0.0784. The smallest absolute Gasteiger partial charge is 0.261 e. The van der Waals surface area contributed by atoms with Crippen LogP contribution in [0.25, 0.3) is 0 Å². The van der Waals surface area contributed by atoms with Gasteiger partial charge in [0.1, 0.15) is 0 Å². The van der Waals surface area contributed by atoms with Gasteiger partial charge in [0.15, 0.2) is 5.03 Å². The molecule has 2 aromatic rings. The number of aromatic nitrogens is 5. The molecular weight excluding hydrogens is 280 g/mol. The molecule has 20 heavy (non-hydrogen) atoms. The molecule has 0 radical (unpaired) electrons. The third kappa shape index (κ3) is 2.22. The summed E-state index contributed by atoms with van der Waals surface area (Å²) in [7, 11) is -1.96. The molecule has 0 saturated carbocycles. The van der Waals surface area contributed by atoms with Gasteiger partial charge in [0.25, 0.3) is 10.0 Å². The minimum Gasteiger partial charge on any atom is -0.268 e. The van der Waals surface area contributed by atoms with Crippen LogP contribution < -0.4 is 0 Å². The Balaban J connectivity index is 1.85. The van der Waals surface area contributed by atoms with Crippen LogP contribution in [0.15, 0.2) is 29.7 Å². The number of hydrogen-bond acceptors (Lipinski definition) is 5. The van der Waals surface area contributed by atoms with Crippen LogP contribution in [0.4, 0.5) is 0 Å². The van der Waals surface area contributed by atoms with Gasteiger partial charge in [-0.3, -0.25) is 4.68 Å². The maximum atomic E-state index is 12.6. The molecule has 1 unspecified atom stereocenters. The van der Waals surface area contributed by atoms with Crippen LogP contribution in [-0.2, 0) is 17.1 Å². The van der Waals surface area contributed by atoms with Crippen molar-refractivity contribution in [2.24, 2.45) is 7.05 Å². The Morgan fingerprint density at radius 1 is 1.40 bits per heavy atom. The van der Waals surface area contributed by atoms with Crippen LogP contribution >= 0.6 is 0 Å². The normalized spacial score (nSPS) is 21.1. The first kappa shape index (κ1) is 13.3. The summed E-state index contributed by atoms with van der Waals surface area (Å²) in [5.41, 5.74) is 0. The maximum absolute atomic E-state index is 12.6. The minimum atomic E-state index is -3.54. The predicted octanol–water partition coefficient (Wildman–Crippen LogP) is 0.0374. The van der Waals surface area contributed by atoms with Gasteiger partial charge in [-0.1, -0.05) is 5.21 Å². The van der Waals surface area contributed by atoms with E-state index in [2.05, 4.69) is 15.4 Å². The third-order valence-corrected chi connectivity index (χ3v) is 5.45. The van der Waals surface area contributed by atoms with Crippen LogP contribution in [-0.4, -0.2) is 50.6 Å². The predicted molar refractivity (Wildman–Crippen MR) is 70.3 cm³/mol. The van der Waals surface area contributed by atoms with E-state index in [4.69, 9.17) is 0 Å². The van der Waals surface area contributed by atoms with Crippen LogP contribution in [0.5, 0.6) is 0 Å². The zero-order chi connectivity index (χ0) is 14.2. The second-order valence-electron chi connectivity index (χ2n) is 4.84. The maximum Gasteiger partial charge on any atom is 0.261 e. The molecule has 3 heterocycles. The molecule has 0 spiro atoms. The zero-order valence-electron chi connectivity index (χ0n) is 11.1. The molecule has 0 bridgehead atoms. The van der Waals surface area contributed by atoms with Crippen LogP contribution in [0.2, 0.25) is 0 Å². The van der Waals surface area contributed by atoms with E-state index in [1.54, 1.807) is 13.2 Å². The van der Waals surface area contributed by atoms with E-state index in [0.717, 1.165) is 12.8 Å². The van der Waals surface area contributed by atoms with Gasteiger partial charge in [-0.2, -0.15) is 9.40 Å². The van der Waals surface area contributed by atoms with E-state index in [1.807, 2.05) is 16.9 Å². The van der Waals surface area contributed by atoms with Gasteiger partial charge in [0, 0.05) is 32.5 Å². The molecule has 0 amide bonds. The van der Waals surface area contributed by atoms with Crippen LogP contribution in [0.3, 0.4) is 0 Å². The van der Waals surface area contributed by atoms with Gasteiger partial charge in [-0.25, -0.2) is 13.1 Å². The van der Waals surface area contributed by atoms with E-state index >= 15 is 0 Å². The number of hydrogen-bond donors (Lipinski definition) is 0. The lowest BCUT2D eigenvalue weighted by molar-refractivity contribution is 0.252. The molecule has 8 nitrogen and oxygen atoms in total. The van der Waals surface area contributed by atoms with Crippen molar-refractivity contribution < 1.29 is 8.42 Å². The van der Waals surface area contributed by atoms with E-state index in [1.165, 1.54) is 15.2 Å². The SMILES string of the molecule is Cn1nncc1S(=O)(=O)N1CCCC(n2cccn2)C1. The van der Waals surface area contributed by atoms with Crippen LogP contribution in [0.1, 0.15) is 18.9 Å². The summed E-state index contributed by atoms with van der Waals surface area (Å²) in [5.74, 6) is 0. The van der Waals surface area contributed by atoms with E-state index in [-0.39, 0.29) is 11.1 Å². The largest absolute Gasteiger partial charge is 0.268 e. The summed E-state index contributed by atoms with van der Waals surface area (Å²) >= 11 is 0. The van der Waals surface area contributed by atoms with Crippen molar-refractivity contribution >= 4 is 10.0 Å². The third-order valence-electron chi connectivity index (χ3n) is 3.54. The van der Waals surface area contributed by atoms with Crippen molar-refractivity contribution in [3.63, 3.8) is 0 Å². The Kier molecular flexibility index (Phi) is 3.30. The first-order valence-electron chi connectivity index (χ1n) is 6.43. The Morgan fingerprint density at radius 2 is 2.25 bits per heavy atom. The summed E-state index contributed by atoms with van der Waals surface area (Å²) < 4.78 is 29.8. The van der Waals surface area contributed by atoms with Gasteiger partial charge < -0.3 is 0 Å². The zero-order valence-corrected chi connectivity index (χ0v) is 11.9. The Bertz CT molecular complexity index is 678. The Labute approximate surface area is 117 Å². The highest BCUT2D eigenvalue weighted by Gasteiger charge is 2.33. The van der Waals surface area contributed by atoms with Gasteiger partial charge >= 0.3 is 0 Å².